The van der Waals surface area contributed by atoms with Crippen molar-refractivity contribution in [2.24, 2.45) is 10.1 Å². The Hall–Kier alpha value is -5.05. The molecule has 2 atom stereocenters. The van der Waals surface area contributed by atoms with Crippen molar-refractivity contribution in [3.8, 4) is 22.9 Å². The summed E-state index contributed by atoms with van der Waals surface area (Å²) in [5.74, 6) is 0.152. The van der Waals surface area contributed by atoms with E-state index in [1.165, 1.54) is 25.3 Å². The Bertz CT molecular complexity index is 1570. The van der Waals surface area contributed by atoms with Gasteiger partial charge >= 0.3 is 6.03 Å². The number of imide groups is 1. The fraction of sp³-hybridized carbons (Fsp3) is 0.280. The molecule has 2 aromatic carbocycles. The lowest BCUT2D eigenvalue weighted by atomic mass is 10.1. The summed E-state index contributed by atoms with van der Waals surface area (Å²) in [6.07, 6.45) is 0.722. The van der Waals surface area contributed by atoms with E-state index >= 15 is 0 Å². The van der Waals surface area contributed by atoms with Crippen molar-refractivity contribution >= 4 is 41.7 Å². The number of likely N-dealkylation sites (N-methyl/N-ethyl adjacent to an activating group) is 3. The van der Waals surface area contributed by atoms with E-state index in [4.69, 9.17) is 21.1 Å². The monoisotopic (exact) mass is 580 g/mol. The van der Waals surface area contributed by atoms with Gasteiger partial charge in [-0.05, 0) is 41.1 Å². The topological polar surface area (TPSA) is 160 Å². The Labute approximate surface area is 239 Å². The van der Waals surface area contributed by atoms with E-state index in [1.54, 1.807) is 61.5 Å². The van der Waals surface area contributed by atoms with Crippen LogP contribution in [0.4, 0.5) is 4.79 Å². The number of carbonyl (C=O) groups excluding carboxylic acids is 3. The van der Waals surface area contributed by atoms with Crippen LogP contribution >= 0.6 is 11.6 Å². The molecule has 1 fully saturated rings. The van der Waals surface area contributed by atoms with Gasteiger partial charge in [0, 0.05) is 26.7 Å². The first-order chi connectivity index (χ1) is 19.7. The molecule has 16 heteroatoms. The van der Waals surface area contributed by atoms with Crippen molar-refractivity contribution in [3.63, 3.8) is 0 Å². The highest BCUT2D eigenvalue weighted by Gasteiger charge is 2.50. The van der Waals surface area contributed by atoms with E-state index in [9.17, 15) is 14.4 Å². The molecule has 0 saturated carbocycles. The maximum absolute atomic E-state index is 12.7. The molecular weight excluding hydrogens is 556 g/mol. The van der Waals surface area contributed by atoms with Gasteiger partial charge in [0.1, 0.15) is 6.54 Å². The predicted octanol–water partition coefficient (Wildman–Crippen LogP) is 1.05. The van der Waals surface area contributed by atoms with Crippen LogP contribution in [0.25, 0.3) is 11.4 Å². The second-order valence-corrected chi connectivity index (χ2v) is 9.51. The largest absolute Gasteiger partial charge is 0.493 e. The number of carbonyl (C=O) groups is 3. The van der Waals surface area contributed by atoms with Crippen molar-refractivity contribution < 1.29 is 23.9 Å². The zero-order valence-electron chi connectivity index (χ0n) is 22.4. The molecule has 0 radical (unpaired) electrons. The number of amides is 4. The number of methoxy groups -OCH3 is 1. The number of halogens is 1. The highest BCUT2D eigenvalue weighted by atomic mass is 35.5. The summed E-state index contributed by atoms with van der Waals surface area (Å²) >= 11 is 6.16. The van der Waals surface area contributed by atoms with E-state index in [0.717, 1.165) is 9.70 Å². The van der Waals surface area contributed by atoms with Crippen LogP contribution in [0.15, 0.2) is 52.6 Å². The first-order valence-corrected chi connectivity index (χ1v) is 12.6. The Morgan fingerprint density at radius 1 is 1.12 bits per heavy atom. The van der Waals surface area contributed by atoms with Gasteiger partial charge in [-0.3, -0.25) is 14.5 Å². The molecule has 1 saturated heterocycles. The third kappa shape index (κ3) is 5.38. The summed E-state index contributed by atoms with van der Waals surface area (Å²) in [6, 6.07) is 11.1. The molecule has 15 nitrogen and oxygen atoms in total. The van der Waals surface area contributed by atoms with Crippen LogP contribution in [0.2, 0.25) is 5.02 Å². The van der Waals surface area contributed by atoms with E-state index in [1.807, 2.05) is 0 Å². The molecule has 3 aromatic rings. The number of nitrogens with one attached hydrogen (secondary N) is 1. The number of hydrogen-bond acceptors (Lipinski definition) is 11. The number of ether oxygens (including phenoxy) is 2. The van der Waals surface area contributed by atoms with Crippen LogP contribution in [0.1, 0.15) is 5.56 Å². The van der Waals surface area contributed by atoms with Gasteiger partial charge in [-0.1, -0.05) is 23.7 Å². The molecule has 0 unspecified atom stereocenters. The van der Waals surface area contributed by atoms with Gasteiger partial charge in [-0.15, -0.1) is 10.2 Å². The standard InChI is InChI=1S/C25H25ClN10O5/c1-33-20-22(34(2)25(39)35(3)23(20)38)28-24(33)41-17-10-9-14(11-18(17)40-4)12-27-29-19(37)13-36-31-21(30-32-36)15-7-5-6-8-16(15)26/h5-12,20,22H,13H2,1-4H3,(H,29,37)/b27-12-/t20-,22+/m0/s1. The smallest absolute Gasteiger partial charge is 0.328 e. The second-order valence-electron chi connectivity index (χ2n) is 9.10. The van der Waals surface area contributed by atoms with E-state index in [-0.39, 0.29) is 18.5 Å². The maximum atomic E-state index is 12.7. The summed E-state index contributed by atoms with van der Waals surface area (Å²) < 4.78 is 11.4. The zero-order chi connectivity index (χ0) is 29.3. The number of hydrogen-bond donors (Lipinski definition) is 1. The first-order valence-electron chi connectivity index (χ1n) is 12.2. The SMILES string of the molecule is COc1cc(/C=N\NC(=O)Cn2nnc(-c3ccccc3Cl)n2)ccc1OC1=N[C@H]2[C@@H](C(=O)N(C)C(=O)N2C)N1C. The summed E-state index contributed by atoms with van der Waals surface area (Å²) in [5, 5.41) is 16.4. The molecule has 1 aromatic heterocycles. The van der Waals surface area contributed by atoms with Crippen LogP contribution in [0, 0.1) is 0 Å². The highest BCUT2D eigenvalue weighted by molar-refractivity contribution is 6.33. The lowest BCUT2D eigenvalue weighted by Gasteiger charge is -2.38. The fourth-order valence-electron chi connectivity index (χ4n) is 4.28. The zero-order valence-corrected chi connectivity index (χ0v) is 23.2. The number of amidine groups is 1. The van der Waals surface area contributed by atoms with E-state index in [2.05, 4.69) is 30.9 Å². The molecule has 4 amide bonds. The predicted molar refractivity (Wildman–Crippen MR) is 146 cm³/mol. The molecular formula is C25H25ClN10O5. The molecule has 41 heavy (non-hydrogen) atoms. The van der Waals surface area contributed by atoms with Crippen LogP contribution < -0.4 is 14.9 Å². The van der Waals surface area contributed by atoms with Crippen molar-refractivity contribution in [1.82, 2.24) is 40.3 Å². The van der Waals surface area contributed by atoms with Gasteiger partial charge in [0.05, 0.1) is 18.3 Å². The van der Waals surface area contributed by atoms with Gasteiger partial charge in [-0.2, -0.15) is 9.90 Å². The summed E-state index contributed by atoms with van der Waals surface area (Å²) in [5.41, 5.74) is 3.62. The summed E-state index contributed by atoms with van der Waals surface area (Å²) in [6.45, 7) is -0.207. The van der Waals surface area contributed by atoms with Gasteiger partial charge in [0.2, 0.25) is 5.82 Å². The molecule has 5 rings (SSSR count). The molecule has 3 heterocycles. The van der Waals surface area contributed by atoms with Crippen LogP contribution in [0.3, 0.4) is 0 Å². The minimum Gasteiger partial charge on any atom is -0.493 e. The van der Waals surface area contributed by atoms with Crippen molar-refractivity contribution in [2.45, 2.75) is 18.8 Å². The number of nitrogens with zero attached hydrogens (tertiary/aromatic N) is 9. The van der Waals surface area contributed by atoms with Gasteiger partial charge < -0.3 is 19.3 Å². The maximum Gasteiger partial charge on any atom is 0.328 e. The highest BCUT2D eigenvalue weighted by Crippen LogP contribution is 2.31. The normalized spacial score (nSPS) is 18.6. The van der Waals surface area contributed by atoms with Crippen LogP contribution in [-0.4, -0.2) is 105 Å². The minimum absolute atomic E-state index is 0.162. The minimum atomic E-state index is -0.706. The fourth-order valence-corrected chi connectivity index (χ4v) is 4.50. The third-order valence-electron chi connectivity index (χ3n) is 6.46. The van der Waals surface area contributed by atoms with Crippen LogP contribution in [0.5, 0.6) is 11.5 Å². The molecule has 2 aliphatic heterocycles. The number of benzene rings is 2. The Morgan fingerprint density at radius 2 is 1.90 bits per heavy atom. The number of urea groups is 1. The van der Waals surface area contributed by atoms with Crippen LogP contribution in [-0.2, 0) is 16.1 Å². The van der Waals surface area contributed by atoms with Crippen molar-refractivity contribution in [2.75, 3.05) is 28.3 Å². The molecule has 0 aliphatic carbocycles. The van der Waals surface area contributed by atoms with Crippen molar-refractivity contribution in [3.05, 3.63) is 53.1 Å². The Morgan fingerprint density at radius 3 is 2.66 bits per heavy atom. The molecule has 212 valence electrons. The third-order valence-corrected chi connectivity index (χ3v) is 6.79. The van der Waals surface area contributed by atoms with Gasteiger partial charge in [0.25, 0.3) is 17.8 Å². The number of aromatic nitrogens is 4. The number of fused-ring (bicyclic) bond motifs is 1. The second kappa shape index (κ2) is 11.2. The Balaban J connectivity index is 1.21. The number of aliphatic imine (C=N–C) groups is 1. The molecule has 0 bridgehead atoms. The lowest BCUT2D eigenvalue weighted by Crippen LogP contribution is -2.63. The lowest BCUT2D eigenvalue weighted by molar-refractivity contribution is -0.135. The average Bonchev–Trinajstić information content (AvgIpc) is 3.55. The number of hydrazone groups is 1. The van der Waals surface area contributed by atoms with E-state index < -0.39 is 24.1 Å². The quantitative estimate of drug-likeness (QED) is 0.318. The molecule has 0 spiro atoms. The van der Waals surface area contributed by atoms with Crippen molar-refractivity contribution in [1.29, 1.82) is 0 Å². The number of tetrazole rings is 1. The summed E-state index contributed by atoms with van der Waals surface area (Å²) in [7, 11) is 6.15. The first kappa shape index (κ1) is 27.5. The molecule has 2 aliphatic rings. The molecule has 1 N–H and O–H groups in total. The van der Waals surface area contributed by atoms with Gasteiger partial charge in [0.15, 0.2) is 23.7 Å². The Kier molecular flexibility index (Phi) is 7.52. The summed E-state index contributed by atoms with van der Waals surface area (Å²) in [4.78, 5) is 46.9. The van der Waals surface area contributed by atoms with E-state index in [0.29, 0.717) is 33.5 Å². The average molecular weight is 581 g/mol. The number of rotatable bonds is 7. The van der Waals surface area contributed by atoms with Gasteiger partial charge in [-0.25, -0.2) is 15.2 Å².